The van der Waals surface area contributed by atoms with Gasteiger partial charge in [-0.3, -0.25) is 4.79 Å². The summed E-state index contributed by atoms with van der Waals surface area (Å²) < 4.78 is 1.91. The number of carbonyl (C=O) groups excluding carboxylic acids is 1. The minimum atomic E-state index is 0.164. The number of hydrogen-bond donors (Lipinski definition) is 1. The zero-order chi connectivity index (χ0) is 16.5. The Morgan fingerprint density at radius 2 is 1.46 bits per heavy atom. The number of fused-ring (bicyclic) bond motifs is 1. The second-order valence-corrected chi connectivity index (χ2v) is 5.58. The zero-order valence-corrected chi connectivity index (χ0v) is 12.8. The van der Waals surface area contributed by atoms with Crippen molar-refractivity contribution in [3.8, 4) is 28.1 Å². The lowest BCUT2D eigenvalue weighted by Gasteiger charge is -2.07. The monoisotopic (exact) mass is 312 g/mol. The second kappa shape index (κ2) is 5.70. The van der Waals surface area contributed by atoms with E-state index in [4.69, 9.17) is 0 Å². The van der Waals surface area contributed by atoms with Crippen LogP contribution in [-0.4, -0.2) is 15.8 Å². The highest BCUT2D eigenvalue weighted by molar-refractivity contribution is 5.94. The van der Waals surface area contributed by atoms with E-state index in [1.165, 1.54) is 0 Å². The molecule has 0 saturated heterocycles. The van der Waals surface area contributed by atoms with E-state index in [0.29, 0.717) is 11.1 Å². The van der Waals surface area contributed by atoms with Crippen LogP contribution in [-0.2, 0) is 4.79 Å². The quantitative estimate of drug-likeness (QED) is 0.608. The third-order valence-corrected chi connectivity index (χ3v) is 4.14. The van der Waals surface area contributed by atoms with Crippen LogP contribution in [0.3, 0.4) is 0 Å². The Labute approximate surface area is 139 Å². The van der Waals surface area contributed by atoms with Crippen LogP contribution >= 0.6 is 0 Å². The molecular formula is C21H14NO2. The van der Waals surface area contributed by atoms with Gasteiger partial charge < -0.3 is 9.51 Å². The van der Waals surface area contributed by atoms with Crippen molar-refractivity contribution in [2.24, 2.45) is 0 Å². The van der Waals surface area contributed by atoms with Crippen LogP contribution in [0.5, 0.6) is 5.75 Å². The summed E-state index contributed by atoms with van der Waals surface area (Å²) in [6.07, 6.45) is 3.68. The Balaban J connectivity index is 2.13. The molecule has 0 fully saturated rings. The zero-order valence-electron chi connectivity index (χ0n) is 12.8. The van der Waals surface area contributed by atoms with E-state index in [-0.39, 0.29) is 5.75 Å². The van der Waals surface area contributed by atoms with Crippen LogP contribution in [0.15, 0.2) is 79.0 Å². The lowest BCUT2D eigenvalue weighted by atomic mass is 10.0. The molecule has 2 aromatic carbocycles. The summed E-state index contributed by atoms with van der Waals surface area (Å²) >= 11 is 0. The summed E-state index contributed by atoms with van der Waals surface area (Å²) in [6.45, 7) is 0. The first-order valence-electron chi connectivity index (χ1n) is 7.65. The molecule has 1 N–H and O–H groups in total. The maximum absolute atomic E-state index is 11.0. The average Bonchev–Trinajstić information content (AvgIpc) is 2.95. The van der Waals surface area contributed by atoms with Crippen LogP contribution < -0.4 is 0 Å². The highest BCUT2D eigenvalue weighted by atomic mass is 16.3. The fraction of sp³-hybridized carbons (Fsp3) is 0. The van der Waals surface area contributed by atoms with Crippen molar-refractivity contribution in [2.45, 2.75) is 0 Å². The SMILES string of the molecule is O=[C]c1ccn2c(-c3ccccc3)c(-c3ccccc3)c(O)c2c1. The van der Waals surface area contributed by atoms with E-state index in [1.807, 2.05) is 71.4 Å². The molecule has 0 aliphatic rings. The normalized spacial score (nSPS) is 10.8. The minimum absolute atomic E-state index is 0.164. The predicted molar refractivity (Wildman–Crippen MR) is 94.7 cm³/mol. The Morgan fingerprint density at radius 3 is 2.08 bits per heavy atom. The van der Waals surface area contributed by atoms with E-state index in [1.54, 1.807) is 18.3 Å². The van der Waals surface area contributed by atoms with Crippen molar-refractivity contribution in [1.29, 1.82) is 0 Å². The maximum atomic E-state index is 11.0. The number of hydrogen-bond acceptors (Lipinski definition) is 2. The highest BCUT2D eigenvalue weighted by Crippen LogP contribution is 2.43. The van der Waals surface area contributed by atoms with Gasteiger partial charge in [-0.1, -0.05) is 60.7 Å². The predicted octanol–water partition coefficient (Wildman–Crippen LogP) is 4.44. The molecule has 2 heterocycles. The molecular weight excluding hydrogens is 298 g/mol. The van der Waals surface area contributed by atoms with Crippen molar-refractivity contribution in [3.05, 3.63) is 84.6 Å². The van der Waals surface area contributed by atoms with Gasteiger partial charge in [0, 0.05) is 11.8 Å². The van der Waals surface area contributed by atoms with Gasteiger partial charge >= 0.3 is 0 Å². The fourth-order valence-electron chi connectivity index (χ4n) is 3.06. The Morgan fingerprint density at radius 1 is 0.833 bits per heavy atom. The van der Waals surface area contributed by atoms with E-state index < -0.39 is 0 Å². The molecule has 115 valence electrons. The number of aromatic nitrogens is 1. The van der Waals surface area contributed by atoms with Gasteiger partial charge in [-0.2, -0.15) is 0 Å². The van der Waals surface area contributed by atoms with E-state index in [9.17, 15) is 9.90 Å². The lowest BCUT2D eigenvalue weighted by Crippen LogP contribution is -1.91. The molecule has 0 saturated carbocycles. The van der Waals surface area contributed by atoms with Crippen molar-refractivity contribution >= 4 is 11.8 Å². The minimum Gasteiger partial charge on any atom is -0.505 e. The first-order chi connectivity index (χ1) is 11.8. The fourth-order valence-corrected chi connectivity index (χ4v) is 3.06. The van der Waals surface area contributed by atoms with Gasteiger partial charge in [0.25, 0.3) is 0 Å². The molecule has 0 bridgehead atoms. The highest BCUT2D eigenvalue weighted by Gasteiger charge is 2.20. The number of aromatic hydroxyl groups is 1. The summed E-state index contributed by atoms with van der Waals surface area (Å²) in [4.78, 5) is 11.0. The van der Waals surface area contributed by atoms with Gasteiger partial charge in [-0.15, -0.1) is 0 Å². The van der Waals surface area contributed by atoms with Gasteiger partial charge in [0.05, 0.1) is 16.8 Å². The van der Waals surface area contributed by atoms with Gasteiger partial charge in [0.2, 0.25) is 6.29 Å². The second-order valence-electron chi connectivity index (χ2n) is 5.58. The van der Waals surface area contributed by atoms with Crippen molar-refractivity contribution in [2.75, 3.05) is 0 Å². The number of rotatable bonds is 3. The van der Waals surface area contributed by atoms with Gasteiger partial charge in [0.15, 0.2) is 0 Å². The van der Waals surface area contributed by atoms with Crippen LogP contribution in [0.25, 0.3) is 27.9 Å². The molecule has 0 atom stereocenters. The van der Waals surface area contributed by atoms with E-state index >= 15 is 0 Å². The van der Waals surface area contributed by atoms with Gasteiger partial charge in [-0.25, -0.2) is 0 Å². The summed E-state index contributed by atoms with van der Waals surface area (Å²) in [6, 6.07) is 23.0. The molecule has 2 aromatic heterocycles. The first kappa shape index (κ1) is 14.3. The number of pyridine rings is 1. The molecule has 3 nitrogen and oxygen atoms in total. The molecule has 4 rings (SSSR count). The summed E-state index contributed by atoms with van der Waals surface area (Å²) in [5, 5.41) is 10.9. The average molecular weight is 312 g/mol. The summed E-state index contributed by atoms with van der Waals surface area (Å²) in [5.74, 6) is 0.164. The van der Waals surface area contributed by atoms with E-state index in [2.05, 4.69) is 0 Å². The summed E-state index contributed by atoms with van der Waals surface area (Å²) in [5.41, 5.74) is 4.57. The molecule has 3 heteroatoms. The summed E-state index contributed by atoms with van der Waals surface area (Å²) in [7, 11) is 0. The molecule has 0 aliphatic carbocycles. The van der Waals surface area contributed by atoms with E-state index in [0.717, 1.165) is 22.4 Å². The first-order valence-corrected chi connectivity index (χ1v) is 7.65. The molecule has 4 aromatic rings. The molecule has 1 radical (unpaired) electrons. The molecule has 0 aliphatic heterocycles. The molecule has 0 amide bonds. The third-order valence-electron chi connectivity index (χ3n) is 4.14. The molecule has 0 spiro atoms. The Hall–Kier alpha value is -3.33. The largest absolute Gasteiger partial charge is 0.505 e. The third kappa shape index (κ3) is 2.18. The van der Waals surface area contributed by atoms with Crippen molar-refractivity contribution in [3.63, 3.8) is 0 Å². The van der Waals surface area contributed by atoms with Crippen LogP contribution in [0.2, 0.25) is 0 Å². The van der Waals surface area contributed by atoms with Crippen molar-refractivity contribution < 1.29 is 9.90 Å². The van der Waals surface area contributed by atoms with Crippen LogP contribution in [0, 0.1) is 0 Å². The standard InChI is InChI=1S/C21H14NO2/c23-14-15-11-12-22-18(13-15)21(24)19(16-7-3-1-4-8-16)20(22)17-9-5-2-6-10-17/h1-13,24H. The number of benzene rings is 2. The van der Waals surface area contributed by atoms with Crippen LogP contribution in [0.4, 0.5) is 0 Å². The molecule has 0 unspecified atom stereocenters. The maximum Gasteiger partial charge on any atom is 0.233 e. The lowest BCUT2D eigenvalue weighted by molar-refractivity contribution is 0.484. The van der Waals surface area contributed by atoms with Crippen molar-refractivity contribution in [1.82, 2.24) is 4.40 Å². The van der Waals surface area contributed by atoms with Gasteiger partial charge in [-0.05, 0) is 23.3 Å². The Bertz CT molecular complexity index is 1020. The van der Waals surface area contributed by atoms with Gasteiger partial charge in [0.1, 0.15) is 5.75 Å². The molecule has 24 heavy (non-hydrogen) atoms. The smallest absolute Gasteiger partial charge is 0.233 e. The van der Waals surface area contributed by atoms with Crippen LogP contribution in [0.1, 0.15) is 5.56 Å². The topological polar surface area (TPSA) is 41.7 Å². The number of nitrogens with zero attached hydrogens (tertiary/aromatic N) is 1. The Kier molecular flexibility index (Phi) is 3.39.